The first kappa shape index (κ1) is 10.2. The van der Waals surface area contributed by atoms with Crippen LogP contribution in [0, 0.1) is 6.92 Å². The van der Waals surface area contributed by atoms with Crippen LogP contribution in [0.4, 0.5) is 0 Å². The minimum atomic E-state index is -0.736. The van der Waals surface area contributed by atoms with Crippen LogP contribution in [0.3, 0.4) is 0 Å². The van der Waals surface area contributed by atoms with Crippen molar-refractivity contribution < 1.29 is 9.52 Å². The van der Waals surface area contributed by atoms with E-state index >= 15 is 0 Å². The summed E-state index contributed by atoms with van der Waals surface area (Å²) in [5.41, 5.74) is 6.04. The molecule has 0 aliphatic rings. The van der Waals surface area contributed by atoms with Gasteiger partial charge in [-0.25, -0.2) is 4.98 Å². The molecule has 0 saturated heterocycles. The molecule has 1 atom stereocenters. The summed E-state index contributed by atoms with van der Waals surface area (Å²) >= 11 is 0. The number of aliphatic hydroxyl groups excluding tert-OH is 1. The topological polar surface area (TPSA) is 72.3 Å². The van der Waals surface area contributed by atoms with Crippen LogP contribution in [0.25, 0.3) is 0 Å². The number of nitrogens with zero attached hydrogens (tertiary/aromatic N) is 1. The lowest BCUT2D eigenvalue weighted by atomic mass is 10.2. The second-order valence-electron chi connectivity index (χ2n) is 3.41. The van der Waals surface area contributed by atoms with Gasteiger partial charge in [-0.3, -0.25) is 0 Å². The van der Waals surface area contributed by atoms with Crippen LogP contribution < -0.4 is 5.73 Å². The first-order chi connectivity index (χ1) is 6.06. The van der Waals surface area contributed by atoms with Gasteiger partial charge in [-0.2, -0.15) is 0 Å². The first-order valence-corrected chi connectivity index (χ1v) is 4.41. The van der Waals surface area contributed by atoms with Gasteiger partial charge >= 0.3 is 0 Å². The van der Waals surface area contributed by atoms with E-state index in [0.29, 0.717) is 11.7 Å². The Morgan fingerprint density at radius 3 is 2.54 bits per heavy atom. The Balaban J connectivity index is 2.96. The second-order valence-corrected chi connectivity index (χ2v) is 3.41. The Kier molecular flexibility index (Phi) is 3.06. The maximum absolute atomic E-state index is 9.45. The van der Waals surface area contributed by atoms with Crippen LogP contribution in [0.2, 0.25) is 0 Å². The van der Waals surface area contributed by atoms with Gasteiger partial charge in [0.1, 0.15) is 6.10 Å². The number of aliphatic hydroxyl groups is 1. The molecule has 1 unspecified atom stereocenters. The van der Waals surface area contributed by atoms with Crippen molar-refractivity contribution in [3.63, 3.8) is 0 Å². The van der Waals surface area contributed by atoms with Crippen molar-refractivity contribution in [2.75, 3.05) is 6.54 Å². The highest BCUT2D eigenvalue weighted by molar-refractivity contribution is 5.12. The Morgan fingerprint density at radius 2 is 2.15 bits per heavy atom. The summed E-state index contributed by atoms with van der Waals surface area (Å²) in [5.74, 6) is 1.38. The monoisotopic (exact) mass is 184 g/mol. The summed E-state index contributed by atoms with van der Waals surface area (Å²) in [6.45, 7) is 5.95. The fourth-order valence-electron chi connectivity index (χ4n) is 1.09. The summed E-state index contributed by atoms with van der Waals surface area (Å²) in [5, 5.41) is 9.45. The van der Waals surface area contributed by atoms with E-state index in [9.17, 15) is 5.11 Å². The predicted molar refractivity (Wildman–Crippen MR) is 49.3 cm³/mol. The van der Waals surface area contributed by atoms with E-state index in [0.717, 1.165) is 5.69 Å². The number of aromatic nitrogens is 1. The van der Waals surface area contributed by atoms with Crippen molar-refractivity contribution in [3.8, 4) is 0 Å². The highest BCUT2D eigenvalue weighted by Crippen LogP contribution is 2.22. The minimum Gasteiger partial charge on any atom is -0.442 e. The summed E-state index contributed by atoms with van der Waals surface area (Å²) in [4.78, 5) is 4.20. The van der Waals surface area contributed by atoms with Gasteiger partial charge in [0.2, 0.25) is 0 Å². The molecule has 0 fully saturated rings. The third-order valence-electron chi connectivity index (χ3n) is 1.87. The summed E-state index contributed by atoms with van der Waals surface area (Å²) in [6, 6.07) is 0. The van der Waals surface area contributed by atoms with Gasteiger partial charge < -0.3 is 15.3 Å². The van der Waals surface area contributed by atoms with Gasteiger partial charge in [0, 0.05) is 12.5 Å². The fourth-order valence-corrected chi connectivity index (χ4v) is 1.09. The molecule has 4 nitrogen and oxygen atoms in total. The molecule has 0 bridgehead atoms. The molecular weight excluding hydrogens is 168 g/mol. The molecule has 0 saturated carbocycles. The molecule has 1 aromatic heterocycles. The smallest absolute Gasteiger partial charge is 0.197 e. The molecule has 0 spiro atoms. The Bertz CT molecular complexity index is 281. The Labute approximate surface area is 77.8 Å². The number of aryl methyl sites for hydroxylation is 1. The first-order valence-electron chi connectivity index (χ1n) is 4.41. The van der Waals surface area contributed by atoms with Crippen molar-refractivity contribution in [3.05, 3.63) is 17.3 Å². The van der Waals surface area contributed by atoms with Crippen molar-refractivity contribution in [2.24, 2.45) is 5.73 Å². The summed E-state index contributed by atoms with van der Waals surface area (Å²) in [6.07, 6.45) is -0.736. The molecule has 1 rings (SSSR count). The molecule has 0 radical (unpaired) electrons. The van der Waals surface area contributed by atoms with Crippen LogP contribution in [0.5, 0.6) is 0 Å². The van der Waals surface area contributed by atoms with Gasteiger partial charge in [-0.05, 0) is 6.92 Å². The lowest BCUT2D eigenvalue weighted by molar-refractivity contribution is 0.154. The van der Waals surface area contributed by atoms with Crippen molar-refractivity contribution in [1.82, 2.24) is 4.98 Å². The van der Waals surface area contributed by atoms with Crippen LogP contribution in [-0.2, 0) is 0 Å². The van der Waals surface area contributed by atoms with Crippen LogP contribution in [-0.4, -0.2) is 16.6 Å². The van der Waals surface area contributed by atoms with Crippen molar-refractivity contribution >= 4 is 0 Å². The number of hydrogen-bond acceptors (Lipinski definition) is 4. The van der Waals surface area contributed by atoms with E-state index < -0.39 is 6.10 Å². The van der Waals surface area contributed by atoms with E-state index in [1.165, 1.54) is 0 Å². The molecule has 3 N–H and O–H groups in total. The van der Waals surface area contributed by atoms with Gasteiger partial charge in [0.15, 0.2) is 11.7 Å². The SMILES string of the molecule is Cc1nc(C(C)C)oc1C(O)CN. The molecule has 74 valence electrons. The zero-order valence-electron chi connectivity index (χ0n) is 8.24. The quantitative estimate of drug-likeness (QED) is 0.737. The van der Waals surface area contributed by atoms with Gasteiger partial charge in [-0.15, -0.1) is 0 Å². The number of nitrogens with two attached hydrogens (primary N) is 1. The lowest BCUT2D eigenvalue weighted by Gasteiger charge is -2.03. The second kappa shape index (κ2) is 3.89. The maximum atomic E-state index is 9.45. The van der Waals surface area contributed by atoms with Gasteiger partial charge in [-0.1, -0.05) is 13.8 Å². The van der Waals surface area contributed by atoms with E-state index in [1.807, 2.05) is 20.8 Å². The third-order valence-corrected chi connectivity index (χ3v) is 1.87. The molecule has 13 heavy (non-hydrogen) atoms. The standard InChI is InChI=1S/C9H16N2O2/c1-5(2)9-11-6(3)8(13-9)7(12)4-10/h5,7,12H,4,10H2,1-3H3. The number of oxazole rings is 1. The Morgan fingerprint density at radius 1 is 1.54 bits per heavy atom. The predicted octanol–water partition coefficient (Wildman–Crippen LogP) is 1.10. The maximum Gasteiger partial charge on any atom is 0.197 e. The van der Waals surface area contributed by atoms with Gasteiger partial charge in [0.05, 0.1) is 5.69 Å². The average molecular weight is 184 g/mol. The molecule has 0 aliphatic heterocycles. The van der Waals surface area contributed by atoms with E-state index in [-0.39, 0.29) is 12.5 Å². The Hall–Kier alpha value is -0.870. The molecule has 4 heteroatoms. The molecule has 0 aromatic carbocycles. The largest absolute Gasteiger partial charge is 0.442 e. The third kappa shape index (κ3) is 2.08. The molecule has 0 amide bonds. The van der Waals surface area contributed by atoms with E-state index in [4.69, 9.17) is 10.2 Å². The van der Waals surface area contributed by atoms with E-state index in [2.05, 4.69) is 4.98 Å². The highest BCUT2D eigenvalue weighted by atomic mass is 16.4. The molecule has 1 heterocycles. The fraction of sp³-hybridized carbons (Fsp3) is 0.667. The van der Waals surface area contributed by atoms with Crippen molar-refractivity contribution in [1.29, 1.82) is 0 Å². The summed E-state index contributed by atoms with van der Waals surface area (Å²) in [7, 11) is 0. The zero-order chi connectivity index (χ0) is 10.0. The number of hydrogen-bond donors (Lipinski definition) is 2. The minimum absolute atomic E-state index is 0.160. The van der Waals surface area contributed by atoms with Crippen LogP contribution in [0.15, 0.2) is 4.42 Å². The summed E-state index contributed by atoms with van der Waals surface area (Å²) < 4.78 is 5.39. The molecule has 1 aromatic rings. The lowest BCUT2D eigenvalue weighted by Crippen LogP contribution is -2.11. The normalized spacial score (nSPS) is 13.7. The van der Waals surface area contributed by atoms with E-state index in [1.54, 1.807) is 0 Å². The zero-order valence-corrected chi connectivity index (χ0v) is 8.24. The van der Waals surface area contributed by atoms with Crippen molar-refractivity contribution in [2.45, 2.75) is 32.8 Å². The van der Waals surface area contributed by atoms with Crippen LogP contribution >= 0.6 is 0 Å². The molecule has 0 aliphatic carbocycles. The average Bonchev–Trinajstić information content (AvgIpc) is 2.46. The number of rotatable bonds is 3. The highest BCUT2D eigenvalue weighted by Gasteiger charge is 2.17. The van der Waals surface area contributed by atoms with Gasteiger partial charge in [0.25, 0.3) is 0 Å². The molecular formula is C9H16N2O2. The van der Waals surface area contributed by atoms with Crippen LogP contribution in [0.1, 0.15) is 43.2 Å².